The van der Waals surface area contributed by atoms with Gasteiger partial charge in [0.05, 0.1) is 55.7 Å². The number of nitro benzene ring substituents is 1. The maximum Gasteiger partial charge on any atom is 0.495 e. The van der Waals surface area contributed by atoms with Crippen LogP contribution < -0.4 is 33.9 Å². The second-order valence-corrected chi connectivity index (χ2v) is 10.6. The summed E-state index contributed by atoms with van der Waals surface area (Å²) in [5.74, 6) is 3.05. The van der Waals surface area contributed by atoms with E-state index in [1.54, 1.807) is 26.4 Å². The van der Waals surface area contributed by atoms with Crippen LogP contribution in [0.4, 0.5) is 5.69 Å². The lowest BCUT2D eigenvalue weighted by atomic mass is 9.78. The summed E-state index contributed by atoms with van der Waals surface area (Å²) in [6.07, 6.45) is 0. The average molecular weight is 581 g/mol. The third kappa shape index (κ3) is 6.34. The van der Waals surface area contributed by atoms with Gasteiger partial charge in [0.2, 0.25) is 0 Å². The second-order valence-electron chi connectivity index (χ2n) is 10.6. The molecule has 3 aromatic carbocycles. The quantitative estimate of drug-likeness (QED) is 0.163. The van der Waals surface area contributed by atoms with Crippen molar-refractivity contribution < 1.29 is 42.7 Å². The van der Waals surface area contributed by atoms with Gasteiger partial charge in [-0.25, -0.2) is 0 Å². The van der Waals surface area contributed by atoms with Crippen molar-refractivity contribution in [3.8, 4) is 34.5 Å². The van der Waals surface area contributed by atoms with Gasteiger partial charge in [-0.05, 0) is 57.4 Å². The Labute approximate surface area is 245 Å². The van der Waals surface area contributed by atoms with Gasteiger partial charge in [-0.2, -0.15) is 0 Å². The largest absolute Gasteiger partial charge is 0.496 e. The number of nitro groups is 1. The first-order valence-corrected chi connectivity index (χ1v) is 13.3. The van der Waals surface area contributed by atoms with Gasteiger partial charge in [-0.3, -0.25) is 10.1 Å². The molecule has 1 heterocycles. The monoisotopic (exact) mass is 581 g/mol. The Hall–Kier alpha value is -4.16. The summed E-state index contributed by atoms with van der Waals surface area (Å²) in [6, 6.07) is 13.0. The van der Waals surface area contributed by atoms with Gasteiger partial charge >= 0.3 is 7.12 Å². The fraction of sp³-hybridized carbons (Fsp3) is 0.400. The minimum absolute atomic E-state index is 0.0185. The number of methoxy groups -OCH3 is 4. The van der Waals surface area contributed by atoms with Crippen molar-refractivity contribution in [2.24, 2.45) is 0 Å². The lowest BCUT2D eigenvalue weighted by Crippen LogP contribution is -2.41. The fourth-order valence-corrected chi connectivity index (χ4v) is 4.42. The highest BCUT2D eigenvalue weighted by molar-refractivity contribution is 6.62. The zero-order valence-corrected chi connectivity index (χ0v) is 25.1. The Morgan fingerprint density at radius 1 is 0.690 bits per heavy atom. The predicted molar refractivity (Wildman–Crippen MR) is 157 cm³/mol. The van der Waals surface area contributed by atoms with E-state index in [1.807, 2.05) is 39.8 Å². The average Bonchev–Trinajstić information content (AvgIpc) is 3.20. The van der Waals surface area contributed by atoms with Crippen molar-refractivity contribution in [1.82, 2.24) is 0 Å². The van der Waals surface area contributed by atoms with Crippen LogP contribution >= 0.6 is 0 Å². The zero-order valence-electron chi connectivity index (χ0n) is 25.1. The van der Waals surface area contributed by atoms with Crippen molar-refractivity contribution in [1.29, 1.82) is 0 Å². The van der Waals surface area contributed by atoms with E-state index < -0.39 is 23.2 Å². The first-order valence-electron chi connectivity index (χ1n) is 13.3. The molecule has 0 saturated carbocycles. The standard InChI is InChI=1S/C30H36BNO10/c1-29(2)30(3,4)42-31(41-29)19-13-25(35-5)23(26(14-19)36-6)18-40-22-15-27(37-7)24(28(16-22)38-8)17-39-21-11-9-20(10-12-21)32(33)34/h9-16H,17-18H2,1-8H3. The molecule has 4 rings (SSSR count). The molecule has 3 aromatic rings. The van der Waals surface area contributed by atoms with E-state index in [1.165, 1.54) is 38.5 Å². The van der Waals surface area contributed by atoms with E-state index in [-0.39, 0.29) is 18.9 Å². The van der Waals surface area contributed by atoms with Crippen LogP contribution in [0.5, 0.6) is 34.5 Å². The molecule has 0 radical (unpaired) electrons. The van der Waals surface area contributed by atoms with Gasteiger partial charge in [0.15, 0.2) is 0 Å². The number of non-ortho nitro benzene ring substituents is 1. The molecule has 0 aromatic heterocycles. The van der Waals surface area contributed by atoms with Gasteiger partial charge in [0.1, 0.15) is 47.7 Å². The van der Waals surface area contributed by atoms with Crippen LogP contribution in [0.1, 0.15) is 38.8 Å². The van der Waals surface area contributed by atoms with Crippen LogP contribution in [0.3, 0.4) is 0 Å². The summed E-state index contributed by atoms with van der Waals surface area (Å²) in [6.45, 7) is 8.23. The van der Waals surface area contributed by atoms with Crippen LogP contribution in [0.25, 0.3) is 0 Å². The summed E-state index contributed by atoms with van der Waals surface area (Å²) in [4.78, 5) is 10.4. The molecule has 0 spiro atoms. The smallest absolute Gasteiger partial charge is 0.495 e. The van der Waals surface area contributed by atoms with E-state index in [9.17, 15) is 10.1 Å². The molecule has 11 nitrogen and oxygen atoms in total. The van der Waals surface area contributed by atoms with Crippen LogP contribution in [-0.2, 0) is 22.5 Å². The maximum absolute atomic E-state index is 10.9. The number of benzene rings is 3. The lowest BCUT2D eigenvalue weighted by molar-refractivity contribution is -0.384. The summed E-state index contributed by atoms with van der Waals surface area (Å²) >= 11 is 0. The predicted octanol–water partition coefficient (Wildman–Crippen LogP) is 5.09. The second kappa shape index (κ2) is 12.4. The molecule has 1 fully saturated rings. The Morgan fingerprint density at radius 2 is 1.10 bits per heavy atom. The molecule has 42 heavy (non-hydrogen) atoms. The fourth-order valence-electron chi connectivity index (χ4n) is 4.42. The van der Waals surface area contributed by atoms with Gasteiger partial charge in [0.25, 0.3) is 5.69 Å². The number of hydrogen-bond donors (Lipinski definition) is 0. The maximum atomic E-state index is 10.9. The van der Waals surface area contributed by atoms with Crippen LogP contribution in [-0.4, -0.2) is 51.7 Å². The minimum atomic E-state index is -0.581. The molecule has 1 aliphatic heterocycles. The number of ether oxygens (including phenoxy) is 6. The number of nitrogens with zero attached hydrogens (tertiary/aromatic N) is 1. The van der Waals surface area contributed by atoms with Crippen molar-refractivity contribution in [2.75, 3.05) is 28.4 Å². The molecular formula is C30H36BNO10. The van der Waals surface area contributed by atoms with Crippen LogP contribution in [0, 0.1) is 10.1 Å². The topological polar surface area (TPSA) is 117 Å². The number of rotatable bonds is 12. The molecule has 0 unspecified atom stereocenters. The Balaban J connectivity index is 1.54. The molecule has 1 aliphatic rings. The van der Waals surface area contributed by atoms with Crippen molar-refractivity contribution in [3.05, 3.63) is 69.8 Å². The third-order valence-electron chi connectivity index (χ3n) is 7.55. The van der Waals surface area contributed by atoms with Crippen molar-refractivity contribution in [3.63, 3.8) is 0 Å². The normalized spacial score (nSPS) is 15.2. The highest BCUT2D eigenvalue weighted by Gasteiger charge is 2.52. The van der Waals surface area contributed by atoms with E-state index >= 15 is 0 Å². The first-order chi connectivity index (χ1) is 19.9. The Kier molecular flexibility index (Phi) is 9.08. The van der Waals surface area contributed by atoms with Gasteiger partial charge < -0.3 is 37.7 Å². The van der Waals surface area contributed by atoms with Gasteiger partial charge in [-0.1, -0.05) is 0 Å². The number of hydrogen-bond acceptors (Lipinski definition) is 10. The molecule has 0 atom stereocenters. The third-order valence-corrected chi connectivity index (χ3v) is 7.55. The first kappa shape index (κ1) is 30.8. The summed E-state index contributed by atoms with van der Waals surface area (Å²) < 4.78 is 47.1. The van der Waals surface area contributed by atoms with E-state index in [0.717, 1.165) is 5.46 Å². The van der Waals surface area contributed by atoms with Crippen LogP contribution in [0.2, 0.25) is 0 Å². The molecule has 0 bridgehead atoms. The minimum Gasteiger partial charge on any atom is -0.496 e. The molecule has 0 aliphatic carbocycles. The molecule has 0 N–H and O–H groups in total. The molecule has 224 valence electrons. The molecule has 12 heteroatoms. The highest BCUT2D eigenvalue weighted by Crippen LogP contribution is 2.39. The molecule has 0 amide bonds. The zero-order chi connectivity index (χ0) is 30.7. The van der Waals surface area contributed by atoms with E-state index in [0.29, 0.717) is 45.6 Å². The summed E-state index contributed by atoms with van der Waals surface area (Å²) in [5.41, 5.74) is 1.12. The highest BCUT2D eigenvalue weighted by atomic mass is 16.7. The van der Waals surface area contributed by atoms with Crippen molar-refractivity contribution >= 4 is 18.3 Å². The molecule has 1 saturated heterocycles. The Morgan fingerprint density at radius 3 is 1.50 bits per heavy atom. The van der Waals surface area contributed by atoms with E-state index in [4.69, 9.17) is 37.7 Å². The summed E-state index contributed by atoms with van der Waals surface area (Å²) in [5, 5.41) is 10.9. The van der Waals surface area contributed by atoms with Gasteiger partial charge in [0, 0.05) is 24.3 Å². The van der Waals surface area contributed by atoms with E-state index in [2.05, 4.69) is 0 Å². The van der Waals surface area contributed by atoms with Gasteiger partial charge in [-0.15, -0.1) is 0 Å². The SMILES string of the molecule is COc1cc(OCc2c(OC)cc(B3OC(C)(C)C(C)(C)O3)cc2OC)cc(OC)c1COc1ccc([N+](=O)[O-])cc1. The Bertz CT molecular complexity index is 1360. The molecular weight excluding hydrogens is 545 g/mol. The van der Waals surface area contributed by atoms with Crippen molar-refractivity contribution in [2.45, 2.75) is 52.1 Å². The van der Waals surface area contributed by atoms with Crippen LogP contribution in [0.15, 0.2) is 48.5 Å². The lowest BCUT2D eigenvalue weighted by Gasteiger charge is -2.32. The summed E-state index contributed by atoms with van der Waals surface area (Å²) in [7, 11) is 5.65.